The van der Waals surface area contributed by atoms with E-state index in [1.165, 1.54) is 0 Å². The first-order valence-electron chi connectivity index (χ1n) is 4.53. The first-order chi connectivity index (χ1) is 5.75. The number of ether oxygens (including phenoxy) is 1. The monoisotopic (exact) mass is 168 g/mol. The summed E-state index contributed by atoms with van der Waals surface area (Å²) in [5.41, 5.74) is -0.421. The predicted octanol–water partition coefficient (Wildman–Crippen LogP) is 1.06. The first-order valence-corrected chi connectivity index (χ1v) is 4.53. The molecule has 0 spiro atoms. The summed E-state index contributed by atoms with van der Waals surface area (Å²) in [6.45, 7) is 5.64. The van der Waals surface area contributed by atoms with Crippen molar-refractivity contribution in [2.45, 2.75) is 38.3 Å². The molecule has 1 heterocycles. The highest BCUT2D eigenvalue weighted by atomic mass is 16.5. The second-order valence-electron chi connectivity index (χ2n) is 3.27. The average molecular weight is 168 g/mol. The van der Waals surface area contributed by atoms with Crippen LogP contribution in [0.4, 0.5) is 0 Å². The molecule has 0 aromatic heterocycles. The summed E-state index contributed by atoms with van der Waals surface area (Å²) in [5.74, 6) is 0. The van der Waals surface area contributed by atoms with Crippen LogP contribution in [0.2, 0.25) is 0 Å². The Morgan fingerprint density at radius 3 is 2.92 bits per heavy atom. The van der Waals surface area contributed by atoms with Crippen LogP contribution in [0.1, 0.15) is 26.7 Å². The Morgan fingerprint density at radius 2 is 2.50 bits per heavy atom. The van der Waals surface area contributed by atoms with Gasteiger partial charge in [-0.15, -0.1) is 0 Å². The molecule has 68 valence electrons. The van der Waals surface area contributed by atoms with Crippen LogP contribution < -0.4 is 5.32 Å². The fourth-order valence-electron chi connectivity index (χ4n) is 1.51. The number of nitrogens with zero attached hydrogens (tertiary/aromatic N) is 1. The molecule has 0 amide bonds. The first kappa shape index (κ1) is 9.50. The molecular formula is C9H16N2O. The van der Waals surface area contributed by atoms with Gasteiger partial charge in [-0.3, -0.25) is 5.32 Å². The van der Waals surface area contributed by atoms with Gasteiger partial charge in [0.25, 0.3) is 0 Å². The molecule has 1 fully saturated rings. The maximum Gasteiger partial charge on any atom is 0.135 e. The molecule has 3 nitrogen and oxygen atoms in total. The molecule has 1 rings (SSSR count). The van der Waals surface area contributed by atoms with Gasteiger partial charge in [0.1, 0.15) is 5.54 Å². The zero-order chi connectivity index (χ0) is 9.03. The van der Waals surface area contributed by atoms with Crippen molar-refractivity contribution < 1.29 is 4.74 Å². The summed E-state index contributed by atoms with van der Waals surface area (Å²) >= 11 is 0. The third kappa shape index (κ3) is 1.60. The lowest BCUT2D eigenvalue weighted by molar-refractivity contribution is 0.0989. The summed E-state index contributed by atoms with van der Waals surface area (Å²) in [7, 11) is 0. The van der Waals surface area contributed by atoms with Crippen LogP contribution in [-0.2, 0) is 4.74 Å². The molecule has 0 aromatic rings. The molecule has 0 aromatic carbocycles. The molecule has 1 N–H and O–H groups in total. The van der Waals surface area contributed by atoms with E-state index in [1.54, 1.807) is 0 Å². The summed E-state index contributed by atoms with van der Waals surface area (Å²) in [5, 5.41) is 12.3. The van der Waals surface area contributed by atoms with E-state index >= 15 is 0 Å². The van der Waals surface area contributed by atoms with Gasteiger partial charge >= 0.3 is 0 Å². The SMILES string of the molecule is CCCNC1(C#N)CCOC1C. The fraction of sp³-hybridized carbons (Fsp3) is 0.889. The molecule has 1 aliphatic rings. The fourth-order valence-corrected chi connectivity index (χ4v) is 1.51. The molecule has 0 aliphatic carbocycles. The number of hydrogen-bond acceptors (Lipinski definition) is 3. The summed E-state index contributed by atoms with van der Waals surface area (Å²) in [6, 6.07) is 2.33. The van der Waals surface area contributed by atoms with Gasteiger partial charge in [0.2, 0.25) is 0 Å². The van der Waals surface area contributed by atoms with Gasteiger partial charge < -0.3 is 4.74 Å². The van der Waals surface area contributed by atoms with Gasteiger partial charge in [0.15, 0.2) is 0 Å². The lowest BCUT2D eigenvalue weighted by atomic mass is 9.94. The van der Waals surface area contributed by atoms with Crippen LogP contribution in [0.3, 0.4) is 0 Å². The van der Waals surface area contributed by atoms with Crippen LogP contribution in [-0.4, -0.2) is 24.8 Å². The molecule has 2 atom stereocenters. The molecule has 0 bridgehead atoms. The van der Waals surface area contributed by atoms with Crippen LogP contribution in [0.25, 0.3) is 0 Å². The highest BCUT2D eigenvalue weighted by Gasteiger charge is 2.41. The van der Waals surface area contributed by atoms with Gasteiger partial charge in [0.05, 0.1) is 12.2 Å². The van der Waals surface area contributed by atoms with Crippen molar-refractivity contribution in [3.63, 3.8) is 0 Å². The Hall–Kier alpha value is -0.590. The largest absolute Gasteiger partial charge is 0.375 e. The van der Waals surface area contributed by atoms with Crippen molar-refractivity contribution in [3.05, 3.63) is 0 Å². The Labute approximate surface area is 73.7 Å². The molecular weight excluding hydrogens is 152 g/mol. The van der Waals surface area contributed by atoms with E-state index in [-0.39, 0.29) is 6.10 Å². The maximum atomic E-state index is 9.02. The molecule has 0 saturated carbocycles. The average Bonchev–Trinajstić information content (AvgIpc) is 2.45. The van der Waals surface area contributed by atoms with E-state index in [0.717, 1.165) is 19.4 Å². The van der Waals surface area contributed by atoms with E-state index in [9.17, 15) is 0 Å². The van der Waals surface area contributed by atoms with Crippen LogP contribution in [0, 0.1) is 11.3 Å². The number of rotatable bonds is 3. The second-order valence-corrected chi connectivity index (χ2v) is 3.27. The van der Waals surface area contributed by atoms with Gasteiger partial charge in [-0.25, -0.2) is 0 Å². The van der Waals surface area contributed by atoms with Gasteiger partial charge in [0, 0.05) is 13.0 Å². The lowest BCUT2D eigenvalue weighted by Crippen LogP contribution is -2.49. The Balaban J connectivity index is 2.57. The lowest BCUT2D eigenvalue weighted by Gasteiger charge is -2.25. The van der Waals surface area contributed by atoms with E-state index in [0.29, 0.717) is 6.61 Å². The molecule has 0 radical (unpaired) electrons. The zero-order valence-electron chi connectivity index (χ0n) is 7.76. The van der Waals surface area contributed by atoms with Crippen molar-refractivity contribution in [2.24, 2.45) is 0 Å². The summed E-state index contributed by atoms with van der Waals surface area (Å²) in [6.07, 6.45) is 1.88. The predicted molar refractivity (Wildman–Crippen MR) is 46.7 cm³/mol. The van der Waals surface area contributed by atoms with Gasteiger partial charge in [-0.2, -0.15) is 5.26 Å². The normalized spacial score (nSPS) is 34.9. The molecule has 12 heavy (non-hydrogen) atoms. The van der Waals surface area contributed by atoms with Crippen LogP contribution >= 0.6 is 0 Å². The van der Waals surface area contributed by atoms with Gasteiger partial charge in [-0.1, -0.05) is 6.92 Å². The minimum Gasteiger partial charge on any atom is -0.375 e. The zero-order valence-corrected chi connectivity index (χ0v) is 7.76. The Morgan fingerprint density at radius 1 is 1.75 bits per heavy atom. The molecule has 3 heteroatoms. The van der Waals surface area contributed by atoms with Crippen molar-refractivity contribution in [3.8, 4) is 6.07 Å². The third-order valence-corrected chi connectivity index (χ3v) is 2.45. The van der Waals surface area contributed by atoms with Crippen LogP contribution in [0.5, 0.6) is 0 Å². The standard InChI is InChI=1S/C9H16N2O/c1-3-5-11-9(7-10)4-6-12-8(9)2/h8,11H,3-6H2,1-2H3. The van der Waals surface area contributed by atoms with Crippen molar-refractivity contribution >= 4 is 0 Å². The quantitative estimate of drug-likeness (QED) is 0.685. The molecule has 2 unspecified atom stereocenters. The Bertz CT molecular complexity index is 187. The maximum absolute atomic E-state index is 9.02. The van der Waals surface area contributed by atoms with Crippen molar-refractivity contribution in [1.82, 2.24) is 5.32 Å². The number of nitriles is 1. The summed E-state index contributed by atoms with van der Waals surface area (Å²) in [4.78, 5) is 0. The summed E-state index contributed by atoms with van der Waals surface area (Å²) < 4.78 is 5.37. The van der Waals surface area contributed by atoms with Crippen molar-refractivity contribution in [2.75, 3.05) is 13.2 Å². The minimum atomic E-state index is -0.421. The second kappa shape index (κ2) is 3.88. The number of nitrogens with one attached hydrogen (secondary N) is 1. The smallest absolute Gasteiger partial charge is 0.135 e. The van der Waals surface area contributed by atoms with E-state index in [1.807, 2.05) is 6.92 Å². The molecule has 1 aliphatic heterocycles. The topological polar surface area (TPSA) is 45.0 Å². The third-order valence-electron chi connectivity index (χ3n) is 2.45. The minimum absolute atomic E-state index is 0.0223. The highest BCUT2D eigenvalue weighted by Crippen LogP contribution is 2.24. The van der Waals surface area contributed by atoms with Crippen LogP contribution in [0.15, 0.2) is 0 Å². The van der Waals surface area contributed by atoms with Gasteiger partial charge in [-0.05, 0) is 19.9 Å². The number of hydrogen-bond donors (Lipinski definition) is 1. The molecule has 1 saturated heterocycles. The highest BCUT2D eigenvalue weighted by molar-refractivity contribution is 5.13. The van der Waals surface area contributed by atoms with E-state index in [4.69, 9.17) is 10.00 Å². The van der Waals surface area contributed by atoms with Crippen molar-refractivity contribution in [1.29, 1.82) is 5.26 Å². The van der Waals surface area contributed by atoms with E-state index in [2.05, 4.69) is 18.3 Å². The Kier molecular flexibility index (Phi) is 3.07. The van der Waals surface area contributed by atoms with E-state index < -0.39 is 5.54 Å².